The fraction of sp³-hybridized carbons (Fsp3) is 0.765. The number of hydrogen-bond donors (Lipinski definition) is 2. The Kier molecular flexibility index (Phi) is 45.4. The molecule has 0 aromatic carbocycles. The molecule has 0 saturated carbocycles. The zero-order chi connectivity index (χ0) is 44.6. The van der Waals surface area contributed by atoms with E-state index in [0.717, 1.165) is 77.0 Å². The van der Waals surface area contributed by atoms with E-state index in [1.54, 1.807) is 0 Å². The van der Waals surface area contributed by atoms with Crippen LogP contribution in [0.3, 0.4) is 0 Å². The number of ether oxygens (including phenoxy) is 2. The van der Waals surface area contributed by atoms with Crippen LogP contribution in [0.5, 0.6) is 0 Å². The molecule has 0 rings (SSSR count). The lowest BCUT2D eigenvalue weighted by atomic mass is 10.0. The normalized spacial score (nSPS) is 13.7. The van der Waals surface area contributed by atoms with Crippen LogP contribution < -0.4 is 5.73 Å². The Morgan fingerprint density at radius 1 is 0.508 bits per heavy atom. The summed E-state index contributed by atoms with van der Waals surface area (Å²) in [6, 6.07) is 0. The van der Waals surface area contributed by atoms with E-state index in [-0.39, 0.29) is 38.6 Å². The number of hydrogen-bond acceptors (Lipinski definition) is 8. The summed E-state index contributed by atoms with van der Waals surface area (Å²) in [5.41, 5.74) is 5.36. The number of carbonyl (C=O) groups excluding carboxylic acids is 2. The Bertz CT molecular complexity index is 1180. The van der Waals surface area contributed by atoms with E-state index in [1.165, 1.54) is 109 Å². The number of carbonyl (C=O) groups is 2. The van der Waals surface area contributed by atoms with E-state index >= 15 is 0 Å². The van der Waals surface area contributed by atoms with Gasteiger partial charge < -0.3 is 20.1 Å². The molecular formula is C51H92NO8P. The molecule has 0 spiro atoms. The molecular weight excluding hydrogens is 786 g/mol. The molecule has 354 valence electrons. The molecule has 0 bridgehead atoms. The predicted octanol–water partition coefficient (Wildman–Crippen LogP) is 14.8. The van der Waals surface area contributed by atoms with Gasteiger partial charge in [0.1, 0.15) is 6.61 Å². The second kappa shape index (κ2) is 47.2. The zero-order valence-corrected chi connectivity index (χ0v) is 40.0. The summed E-state index contributed by atoms with van der Waals surface area (Å²) in [4.78, 5) is 35.0. The molecule has 0 fully saturated rings. The van der Waals surface area contributed by atoms with Gasteiger partial charge in [-0.2, -0.15) is 0 Å². The summed E-state index contributed by atoms with van der Waals surface area (Å²) in [5, 5.41) is 0. The first-order chi connectivity index (χ1) is 29.8. The molecule has 61 heavy (non-hydrogen) atoms. The first kappa shape index (κ1) is 58.7. The minimum Gasteiger partial charge on any atom is -0.462 e. The molecule has 0 heterocycles. The lowest BCUT2D eigenvalue weighted by molar-refractivity contribution is -0.161. The highest BCUT2D eigenvalue weighted by molar-refractivity contribution is 7.47. The highest BCUT2D eigenvalue weighted by Crippen LogP contribution is 2.43. The number of allylic oxidation sites excluding steroid dienone is 10. The van der Waals surface area contributed by atoms with Crippen molar-refractivity contribution in [3.05, 3.63) is 60.8 Å². The van der Waals surface area contributed by atoms with Crippen molar-refractivity contribution < 1.29 is 37.6 Å². The first-order valence-corrected chi connectivity index (χ1v) is 26.3. The molecule has 9 nitrogen and oxygen atoms in total. The maximum absolute atomic E-state index is 12.6. The Balaban J connectivity index is 4.02. The minimum absolute atomic E-state index is 0.0483. The van der Waals surface area contributed by atoms with Crippen LogP contribution in [-0.4, -0.2) is 49.3 Å². The first-order valence-electron chi connectivity index (χ1n) is 24.8. The molecule has 0 aliphatic carbocycles. The van der Waals surface area contributed by atoms with Crippen LogP contribution in [-0.2, 0) is 32.7 Å². The summed E-state index contributed by atoms with van der Waals surface area (Å²) < 4.78 is 32.9. The van der Waals surface area contributed by atoms with Crippen molar-refractivity contribution in [2.45, 2.75) is 225 Å². The van der Waals surface area contributed by atoms with Crippen molar-refractivity contribution in [1.29, 1.82) is 0 Å². The van der Waals surface area contributed by atoms with Gasteiger partial charge in [-0.3, -0.25) is 18.6 Å². The molecule has 0 radical (unpaired) electrons. The average Bonchev–Trinajstić information content (AvgIpc) is 3.25. The second-order valence-corrected chi connectivity index (χ2v) is 17.8. The highest BCUT2D eigenvalue weighted by Gasteiger charge is 2.26. The largest absolute Gasteiger partial charge is 0.472 e. The van der Waals surface area contributed by atoms with Crippen LogP contribution in [0.1, 0.15) is 219 Å². The van der Waals surface area contributed by atoms with Crippen molar-refractivity contribution in [1.82, 2.24) is 0 Å². The molecule has 0 amide bonds. The molecule has 0 aromatic heterocycles. The van der Waals surface area contributed by atoms with Gasteiger partial charge in [-0.25, -0.2) is 4.57 Å². The summed E-state index contributed by atoms with van der Waals surface area (Å²) >= 11 is 0. The van der Waals surface area contributed by atoms with Gasteiger partial charge in [-0.1, -0.05) is 190 Å². The lowest BCUT2D eigenvalue weighted by Gasteiger charge is -2.19. The summed E-state index contributed by atoms with van der Waals surface area (Å²) in [6.45, 7) is 3.60. The third kappa shape index (κ3) is 47.0. The summed E-state index contributed by atoms with van der Waals surface area (Å²) in [5.74, 6) is -0.848. The Morgan fingerprint density at radius 2 is 0.902 bits per heavy atom. The van der Waals surface area contributed by atoms with E-state index in [4.69, 9.17) is 24.3 Å². The number of phosphoric acid groups is 1. The highest BCUT2D eigenvalue weighted by atomic mass is 31.2. The third-order valence-corrected chi connectivity index (χ3v) is 11.4. The van der Waals surface area contributed by atoms with Gasteiger partial charge in [0, 0.05) is 19.4 Å². The standard InChI is InChI=1S/C51H92NO8P/c1-3-5-7-9-11-13-15-17-19-20-21-22-23-24-25-26-27-28-30-31-33-35-37-39-41-43-50(53)57-47-49(48-59-61(55,56)58-46-45-52)60-51(54)44-42-40-38-36-34-32-29-18-16-14-12-10-8-6-4-2/h6,8,12,14-15,17-18,20-21,29,49H,3-5,7,9-11,13,16,19,22-28,30-48,52H2,1-2H3,(H,55,56)/b8-6-,14-12-,17-15-,21-20-,29-18-. The monoisotopic (exact) mass is 878 g/mol. The molecule has 10 heteroatoms. The average molecular weight is 878 g/mol. The van der Waals surface area contributed by atoms with Crippen LogP contribution in [0.4, 0.5) is 0 Å². The van der Waals surface area contributed by atoms with E-state index in [9.17, 15) is 19.0 Å². The van der Waals surface area contributed by atoms with Crippen molar-refractivity contribution in [2.75, 3.05) is 26.4 Å². The van der Waals surface area contributed by atoms with Gasteiger partial charge in [0.25, 0.3) is 0 Å². The molecule has 2 atom stereocenters. The third-order valence-electron chi connectivity index (χ3n) is 10.4. The Morgan fingerprint density at radius 3 is 1.34 bits per heavy atom. The summed E-state index contributed by atoms with van der Waals surface area (Å²) in [7, 11) is -4.39. The molecule has 0 aliphatic rings. The molecule has 2 unspecified atom stereocenters. The van der Waals surface area contributed by atoms with Gasteiger partial charge in [0.2, 0.25) is 0 Å². The van der Waals surface area contributed by atoms with Crippen molar-refractivity contribution in [3.63, 3.8) is 0 Å². The predicted molar refractivity (Wildman–Crippen MR) is 256 cm³/mol. The minimum atomic E-state index is -4.39. The Hall–Kier alpha value is -2.29. The lowest BCUT2D eigenvalue weighted by Crippen LogP contribution is -2.29. The van der Waals surface area contributed by atoms with Crippen LogP contribution in [0.25, 0.3) is 0 Å². The van der Waals surface area contributed by atoms with E-state index < -0.39 is 26.5 Å². The summed E-state index contributed by atoms with van der Waals surface area (Å²) in [6.07, 6.45) is 56.9. The van der Waals surface area contributed by atoms with Crippen molar-refractivity contribution >= 4 is 19.8 Å². The van der Waals surface area contributed by atoms with E-state index in [0.29, 0.717) is 6.42 Å². The van der Waals surface area contributed by atoms with Gasteiger partial charge in [0.05, 0.1) is 13.2 Å². The van der Waals surface area contributed by atoms with Crippen LogP contribution in [0.2, 0.25) is 0 Å². The Labute approximate surface area is 374 Å². The smallest absolute Gasteiger partial charge is 0.462 e. The second-order valence-electron chi connectivity index (χ2n) is 16.3. The molecule has 3 N–H and O–H groups in total. The number of rotatable bonds is 46. The number of nitrogens with two attached hydrogens (primary N) is 1. The SMILES string of the molecule is CC/C=C\C/C=C\C/C=C\CCCCCCCC(=O)OC(COC(=O)CCCCCCCCCCCCCCC/C=C\C/C=C\CCCCCCC)COP(=O)(O)OCCN. The topological polar surface area (TPSA) is 134 Å². The zero-order valence-electron chi connectivity index (χ0n) is 39.1. The molecule has 0 aliphatic heterocycles. The van der Waals surface area contributed by atoms with Gasteiger partial charge >= 0.3 is 19.8 Å². The maximum atomic E-state index is 12.6. The van der Waals surface area contributed by atoms with Crippen LogP contribution in [0, 0.1) is 0 Å². The van der Waals surface area contributed by atoms with Crippen LogP contribution in [0.15, 0.2) is 60.8 Å². The van der Waals surface area contributed by atoms with Crippen molar-refractivity contribution in [2.24, 2.45) is 5.73 Å². The van der Waals surface area contributed by atoms with Gasteiger partial charge in [0.15, 0.2) is 6.10 Å². The van der Waals surface area contributed by atoms with Gasteiger partial charge in [-0.05, 0) is 77.0 Å². The number of phosphoric ester groups is 1. The van der Waals surface area contributed by atoms with E-state index in [2.05, 4.69) is 74.6 Å². The van der Waals surface area contributed by atoms with Gasteiger partial charge in [-0.15, -0.1) is 0 Å². The van der Waals surface area contributed by atoms with Crippen molar-refractivity contribution in [3.8, 4) is 0 Å². The maximum Gasteiger partial charge on any atom is 0.472 e. The quantitative estimate of drug-likeness (QED) is 0.0265. The van der Waals surface area contributed by atoms with E-state index in [1.807, 2.05) is 0 Å². The molecule has 0 aromatic rings. The molecule has 0 saturated heterocycles. The fourth-order valence-corrected chi connectivity index (χ4v) is 7.50. The number of esters is 2. The number of unbranched alkanes of at least 4 members (excludes halogenated alkanes) is 23. The van der Waals surface area contributed by atoms with Crippen LogP contribution >= 0.6 is 7.82 Å². The fourth-order valence-electron chi connectivity index (χ4n) is 6.74.